The molecule has 0 bridgehead atoms. The van der Waals surface area contributed by atoms with Gasteiger partial charge in [-0.25, -0.2) is 9.78 Å². The summed E-state index contributed by atoms with van der Waals surface area (Å²) in [6.45, 7) is 10.0. The highest BCUT2D eigenvalue weighted by atomic mass is 16.5. The zero-order chi connectivity index (χ0) is 26.0. The zero-order valence-electron chi connectivity index (χ0n) is 22.5. The van der Waals surface area contributed by atoms with E-state index in [0.717, 1.165) is 41.5 Å². The van der Waals surface area contributed by atoms with Gasteiger partial charge >= 0.3 is 5.97 Å². The Morgan fingerprint density at radius 1 is 1.08 bits per heavy atom. The van der Waals surface area contributed by atoms with Gasteiger partial charge < -0.3 is 15.2 Å². The van der Waals surface area contributed by atoms with Crippen LogP contribution in [0.2, 0.25) is 0 Å². The van der Waals surface area contributed by atoms with Crippen molar-refractivity contribution in [2.24, 2.45) is 23.2 Å². The normalized spacial score (nSPS) is 24.0. The first-order valence-electron chi connectivity index (χ1n) is 13.6. The maximum Gasteiger partial charge on any atom is 0.326 e. The lowest BCUT2D eigenvalue weighted by Gasteiger charge is -2.31. The second-order valence-electron chi connectivity index (χ2n) is 12.5. The molecule has 0 radical (unpaired) electrons. The molecule has 196 valence electrons. The highest BCUT2D eigenvalue weighted by Crippen LogP contribution is 2.34. The predicted octanol–water partition coefficient (Wildman–Crippen LogP) is 6.40. The van der Waals surface area contributed by atoms with E-state index in [-0.39, 0.29) is 11.8 Å². The molecule has 4 rings (SSSR count). The molecule has 2 aromatic rings. The predicted molar refractivity (Wildman–Crippen MR) is 142 cm³/mol. The molecule has 36 heavy (non-hydrogen) atoms. The third-order valence-electron chi connectivity index (χ3n) is 7.90. The van der Waals surface area contributed by atoms with Crippen LogP contribution in [0.4, 0.5) is 0 Å². The number of benzene rings is 1. The Labute approximate surface area is 215 Å². The molecule has 4 atom stereocenters. The molecule has 6 heteroatoms. The largest absolute Gasteiger partial charge is 0.490 e. The minimum atomic E-state index is -1.05. The zero-order valence-corrected chi connectivity index (χ0v) is 22.5. The number of rotatable bonds is 7. The van der Waals surface area contributed by atoms with Gasteiger partial charge in [-0.15, -0.1) is 0 Å². The van der Waals surface area contributed by atoms with Gasteiger partial charge in [0.05, 0.1) is 6.10 Å². The number of aromatic nitrogens is 1. The third kappa shape index (κ3) is 6.37. The van der Waals surface area contributed by atoms with Crippen molar-refractivity contribution in [2.45, 2.75) is 98.1 Å². The van der Waals surface area contributed by atoms with E-state index < -0.39 is 23.3 Å². The Morgan fingerprint density at radius 2 is 1.75 bits per heavy atom. The summed E-state index contributed by atoms with van der Waals surface area (Å²) in [5, 5.41) is 14.3. The van der Waals surface area contributed by atoms with Crippen LogP contribution in [-0.2, 0) is 11.2 Å². The summed E-state index contributed by atoms with van der Waals surface area (Å²) < 4.78 is 6.45. The second kappa shape index (κ2) is 10.8. The average molecular weight is 495 g/mol. The summed E-state index contributed by atoms with van der Waals surface area (Å²) in [6, 6.07) is 6.86. The molecule has 2 saturated carbocycles. The van der Waals surface area contributed by atoms with Crippen molar-refractivity contribution < 1.29 is 19.4 Å². The van der Waals surface area contributed by atoms with Crippen molar-refractivity contribution in [3.63, 3.8) is 0 Å². The summed E-state index contributed by atoms with van der Waals surface area (Å²) in [5.41, 5.74) is 0.559. The monoisotopic (exact) mass is 494 g/mol. The van der Waals surface area contributed by atoms with Gasteiger partial charge in [-0.3, -0.25) is 4.79 Å². The first kappa shape index (κ1) is 26.4. The third-order valence-corrected chi connectivity index (χ3v) is 7.90. The number of carboxylic acids is 1. The Morgan fingerprint density at radius 3 is 2.36 bits per heavy atom. The van der Waals surface area contributed by atoms with Crippen molar-refractivity contribution in [1.29, 1.82) is 0 Å². The van der Waals surface area contributed by atoms with Gasteiger partial charge in [0.1, 0.15) is 17.5 Å². The molecule has 1 amide bonds. The number of carbonyl (C=O) groups excluding carboxylic acids is 1. The molecule has 1 aromatic carbocycles. The van der Waals surface area contributed by atoms with Gasteiger partial charge in [-0.05, 0) is 72.4 Å². The fourth-order valence-corrected chi connectivity index (χ4v) is 6.15. The number of pyridine rings is 1. The van der Waals surface area contributed by atoms with Crippen LogP contribution >= 0.6 is 0 Å². The van der Waals surface area contributed by atoms with E-state index in [2.05, 4.69) is 25.2 Å². The van der Waals surface area contributed by atoms with Crippen LogP contribution in [0.15, 0.2) is 24.3 Å². The number of ether oxygens (including phenoxy) is 1. The van der Waals surface area contributed by atoms with Gasteiger partial charge in [-0.2, -0.15) is 0 Å². The van der Waals surface area contributed by atoms with Gasteiger partial charge in [0.2, 0.25) is 0 Å². The standard InChI is InChI=1S/C30H42N2O4/c1-18-12-19(2)14-23(13-18)36-22-11-10-21-16-26(28(33)32-27(29(34)35)30(3,4)5)31-25(24(21)17-22)15-20-8-6-7-9-20/h10-11,16-20,23,27H,6-9,12-15H2,1-5H3,(H,32,33)(H,34,35)/t18-,19+,23+,27-/m0/s1. The SMILES string of the molecule is C[C@@H]1C[C@H](C)C[C@@H](Oc2ccc3cc(C(=O)N[C@@H](C(=O)O)C(C)(C)C)nc(CC4CCCC4)c3c2)C1. The van der Waals surface area contributed by atoms with E-state index in [0.29, 0.717) is 17.8 Å². The highest BCUT2D eigenvalue weighted by Gasteiger charge is 2.33. The minimum Gasteiger partial charge on any atom is -0.490 e. The van der Waals surface area contributed by atoms with Crippen molar-refractivity contribution in [3.8, 4) is 5.75 Å². The maximum absolute atomic E-state index is 13.2. The lowest BCUT2D eigenvalue weighted by molar-refractivity contribution is -0.142. The summed E-state index contributed by atoms with van der Waals surface area (Å²) in [6.07, 6.45) is 9.29. The lowest BCUT2D eigenvalue weighted by atomic mass is 9.82. The van der Waals surface area contributed by atoms with Gasteiger partial charge in [0.25, 0.3) is 5.91 Å². The number of hydrogen-bond acceptors (Lipinski definition) is 4. The van der Waals surface area contributed by atoms with E-state index in [1.165, 1.54) is 32.1 Å². The van der Waals surface area contributed by atoms with Crippen LogP contribution < -0.4 is 10.1 Å². The Bertz CT molecular complexity index is 1090. The molecule has 2 fully saturated rings. The summed E-state index contributed by atoms with van der Waals surface area (Å²) in [5.74, 6) is 1.27. The lowest BCUT2D eigenvalue weighted by Crippen LogP contribution is -2.49. The van der Waals surface area contributed by atoms with Gasteiger partial charge in [-0.1, -0.05) is 66.4 Å². The topological polar surface area (TPSA) is 88.5 Å². The van der Waals surface area contributed by atoms with E-state index in [4.69, 9.17) is 9.72 Å². The van der Waals surface area contributed by atoms with Crippen LogP contribution in [0.25, 0.3) is 10.8 Å². The van der Waals surface area contributed by atoms with Crippen LogP contribution in [0.3, 0.4) is 0 Å². The molecular formula is C30H42N2O4. The number of fused-ring (bicyclic) bond motifs is 1. The minimum absolute atomic E-state index is 0.225. The van der Waals surface area contributed by atoms with Gasteiger partial charge in [0, 0.05) is 11.1 Å². The van der Waals surface area contributed by atoms with Crippen LogP contribution in [0.1, 0.15) is 95.7 Å². The first-order valence-corrected chi connectivity index (χ1v) is 13.6. The number of nitrogens with zero attached hydrogens (tertiary/aromatic N) is 1. The van der Waals surface area contributed by atoms with Gasteiger partial charge in [0.15, 0.2) is 0 Å². The quantitative estimate of drug-likeness (QED) is 0.465. The summed E-state index contributed by atoms with van der Waals surface area (Å²) in [4.78, 5) is 29.8. The molecule has 0 unspecified atom stereocenters. The molecule has 0 aliphatic heterocycles. The van der Waals surface area contributed by atoms with Crippen molar-refractivity contribution in [2.75, 3.05) is 0 Å². The number of carboxylic acid groups (broad SMARTS) is 1. The van der Waals surface area contributed by atoms with Crippen molar-refractivity contribution in [1.82, 2.24) is 10.3 Å². The molecule has 1 aromatic heterocycles. The molecule has 2 aliphatic carbocycles. The van der Waals surface area contributed by atoms with E-state index in [1.807, 2.05) is 12.1 Å². The van der Waals surface area contributed by atoms with Crippen molar-refractivity contribution in [3.05, 3.63) is 35.7 Å². The number of hydrogen-bond donors (Lipinski definition) is 2. The van der Waals surface area contributed by atoms with E-state index in [9.17, 15) is 14.7 Å². The number of nitrogens with one attached hydrogen (secondary N) is 1. The summed E-state index contributed by atoms with van der Waals surface area (Å²) in [7, 11) is 0. The molecule has 6 nitrogen and oxygen atoms in total. The fraction of sp³-hybridized carbons (Fsp3) is 0.633. The number of amides is 1. The molecule has 0 spiro atoms. The van der Waals surface area contributed by atoms with Crippen LogP contribution in [0.5, 0.6) is 5.75 Å². The number of aliphatic carboxylic acids is 1. The molecule has 1 heterocycles. The van der Waals surface area contributed by atoms with Crippen LogP contribution in [-0.4, -0.2) is 34.1 Å². The molecule has 0 saturated heterocycles. The Hall–Kier alpha value is -2.63. The highest BCUT2D eigenvalue weighted by molar-refractivity contribution is 5.99. The number of carbonyl (C=O) groups is 2. The first-order chi connectivity index (χ1) is 17.0. The van der Waals surface area contributed by atoms with Crippen LogP contribution in [0, 0.1) is 23.2 Å². The smallest absolute Gasteiger partial charge is 0.326 e. The fourth-order valence-electron chi connectivity index (χ4n) is 6.15. The molecule has 2 aliphatic rings. The molecular weight excluding hydrogens is 452 g/mol. The summed E-state index contributed by atoms with van der Waals surface area (Å²) >= 11 is 0. The molecule has 2 N–H and O–H groups in total. The van der Waals surface area contributed by atoms with E-state index >= 15 is 0 Å². The second-order valence-corrected chi connectivity index (χ2v) is 12.5. The Kier molecular flexibility index (Phi) is 7.91. The van der Waals surface area contributed by atoms with E-state index in [1.54, 1.807) is 26.8 Å². The average Bonchev–Trinajstić information content (AvgIpc) is 3.29. The maximum atomic E-state index is 13.2. The van der Waals surface area contributed by atoms with Crippen molar-refractivity contribution >= 4 is 22.6 Å². The Balaban J connectivity index is 1.65.